The molecule has 0 N–H and O–H groups in total. The number of benzene rings is 1. The zero-order valence-electron chi connectivity index (χ0n) is 12.8. The number of halogens is 3. The van der Waals surface area contributed by atoms with E-state index in [0.717, 1.165) is 18.9 Å². The van der Waals surface area contributed by atoms with E-state index in [1.807, 2.05) is 6.92 Å². The lowest BCUT2D eigenvalue weighted by Gasteiger charge is -2.26. The normalized spacial score (nSPS) is 14.9. The number of aromatic nitrogens is 2. The molecule has 116 valence electrons. The minimum atomic E-state index is -0.853. The molecule has 0 fully saturated rings. The summed E-state index contributed by atoms with van der Waals surface area (Å²) in [6.07, 6.45) is 1.93. The summed E-state index contributed by atoms with van der Waals surface area (Å²) in [5.74, 6) is -0.745. The number of imidazole rings is 1. The van der Waals surface area contributed by atoms with Crippen molar-refractivity contribution in [3.05, 3.63) is 29.6 Å². The van der Waals surface area contributed by atoms with Crippen LogP contribution in [0.4, 0.5) is 8.78 Å². The average molecular weight is 315 g/mol. The summed E-state index contributed by atoms with van der Waals surface area (Å²) in [5.41, 5.74) is 0.672. The minimum Gasteiger partial charge on any atom is -0.321 e. The van der Waals surface area contributed by atoms with Crippen LogP contribution in [-0.4, -0.2) is 9.55 Å². The Hall–Kier alpha value is -1.16. The van der Waals surface area contributed by atoms with Crippen LogP contribution < -0.4 is 0 Å². The van der Waals surface area contributed by atoms with Crippen molar-refractivity contribution in [1.29, 1.82) is 0 Å². The van der Waals surface area contributed by atoms with Crippen LogP contribution in [0.5, 0.6) is 0 Å². The van der Waals surface area contributed by atoms with Crippen LogP contribution in [0.25, 0.3) is 11.0 Å². The van der Waals surface area contributed by atoms with E-state index in [-0.39, 0.29) is 16.9 Å². The van der Waals surface area contributed by atoms with E-state index in [2.05, 4.69) is 18.8 Å². The summed E-state index contributed by atoms with van der Waals surface area (Å²) >= 11 is 6.21. The van der Waals surface area contributed by atoms with Crippen molar-refractivity contribution >= 4 is 22.6 Å². The Kier molecular flexibility index (Phi) is 4.87. The third kappa shape index (κ3) is 2.78. The monoisotopic (exact) mass is 314 g/mol. The zero-order chi connectivity index (χ0) is 15.7. The van der Waals surface area contributed by atoms with Crippen molar-refractivity contribution in [2.24, 2.45) is 5.92 Å². The number of hydrogen-bond acceptors (Lipinski definition) is 1. The third-order valence-electron chi connectivity index (χ3n) is 4.26. The highest BCUT2D eigenvalue weighted by atomic mass is 35.5. The molecule has 1 aromatic heterocycles. The molecule has 2 atom stereocenters. The lowest BCUT2D eigenvalue weighted by Crippen LogP contribution is -2.18. The van der Waals surface area contributed by atoms with Gasteiger partial charge in [0, 0.05) is 6.04 Å². The van der Waals surface area contributed by atoms with Gasteiger partial charge in [0.2, 0.25) is 0 Å². The SMILES string of the molecule is CCC(CC)C(C)n1c(C(C)Cl)nc2ccc(F)c(F)c21. The van der Waals surface area contributed by atoms with E-state index >= 15 is 0 Å². The molecule has 2 rings (SSSR count). The van der Waals surface area contributed by atoms with E-state index < -0.39 is 11.6 Å². The molecule has 5 heteroatoms. The highest BCUT2D eigenvalue weighted by Crippen LogP contribution is 2.34. The molecule has 0 spiro atoms. The first-order chi connectivity index (χ1) is 9.92. The molecular formula is C16H21ClF2N2. The van der Waals surface area contributed by atoms with Crippen molar-refractivity contribution in [1.82, 2.24) is 9.55 Å². The zero-order valence-corrected chi connectivity index (χ0v) is 13.6. The maximum atomic E-state index is 14.3. The Morgan fingerprint density at radius 3 is 2.33 bits per heavy atom. The minimum absolute atomic E-state index is 0.0116. The van der Waals surface area contributed by atoms with Gasteiger partial charge in [-0.1, -0.05) is 26.7 Å². The van der Waals surface area contributed by atoms with Crippen molar-refractivity contribution in [2.75, 3.05) is 0 Å². The van der Waals surface area contributed by atoms with Gasteiger partial charge >= 0.3 is 0 Å². The summed E-state index contributed by atoms with van der Waals surface area (Å²) < 4.78 is 29.7. The van der Waals surface area contributed by atoms with Crippen LogP contribution >= 0.6 is 11.6 Å². The molecule has 0 amide bonds. The second-order valence-electron chi connectivity index (χ2n) is 5.50. The van der Waals surface area contributed by atoms with Crippen LogP contribution in [-0.2, 0) is 0 Å². The van der Waals surface area contributed by atoms with Gasteiger partial charge < -0.3 is 4.57 Å². The van der Waals surface area contributed by atoms with E-state index in [1.54, 1.807) is 11.5 Å². The summed E-state index contributed by atoms with van der Waals surface area (Å²) in [7, 11) is 0. The second-order valence-corrected chi connectivity index (χ2v) is 6.16. The van der Waals surface area contributed by atoms with Gasteiger partial charge in [-0.15, -0.1) is 11.6 Å². The fourth-order valence-electron chi connectivity index (χ4n) is 3.02. The lowest BCUT2D eigenvalue weighted by atomic mass is 9.95. The molecule has 0 bridgehead atoms. The number of fused-ring (bicyclic) bond motifs is 1. The summed E-state index contributed by atoms with van der Waals surface area (Å²) in [6.45, 7) is 8.02. The summed E-state index contributed by atoms with van der Waals surface area (Å²) in [4.78, 5) is 4.41. The van der Waals surface area contributed by atoms with Crippen molar-refractivity contribution in [2.45, 2.75) is 52.0 Å². The predicted molar refractivity (Wildman–Crippen MR) is 82.7 cm³/mol. The van der Waals surface area contributed by atoms with E-state index in [4.69, 9.17) is 11.6 Å². The van der Waals surface area contributed by atoms with Crippen LogP contribution in [0.1, 0.15) is 57.8 Å². The van der Waals surface area contributed by atoms with Crippen molar-refractivity contribution < 1.29 is 8.78 Å². The van der Waals surface area contributed by atoms with E-state index in [0.29, 0.717) is 17.3 Å². The van der Waals surface area contributed by atoms with Gasteiger partial charge in [-0.2, -0.15) is 0 Å². The summed E-state index contributed by atoms with van der Waals surface area (Å²) in [5, 5.41) is -0.364. The molecular weight excluding hydrogens is 294 g/mol. The Morgan fingerprint density at radius 1 is 1.19 bits per heavy atom. The number of alkyl halides is 1. The van der Waals surface area contributed by atoms with Crippen molar-refractivity contribution in [3.63, 3.8) is 0 Å². The Bertz CT molecular complexity index is 633. The highest BCUT2D eigenvalue weighted by molar-refractivity contribution is 6.20. The van der Waals surface area contributed by atoms with Gasteiger partial charge in [0.1, 0.15) is 11.3 Å². The van der Waals surface area contributed by atoms with Crippen LogP contribution in [0.2, 0.25) is 0 Å². The van der Waals surface area contributed by atoms with Gasteiger partial charge in [0.15, 0.2) is 11.6 Å². The molecule has 0 aliphatic rings. The topological polar surface area (TPSA) is 17.8 Å². The standard InChI is InChI=1S/C16H21ClF2N2/c1-5-11(6-2)10(4)21-15-13(20-16(21)9(3)17)8-7-12(18)14(15)19/h7-11H,5-6H2,1-4H3. The van der Waals surface area contributed by atoms with Gasteiger partial charge in [0.05, 0.1) is 10.9 Å². The number of hydrogen-bond donors (Lipinski definition) is 0. The third-order valence-corrected chi connectivity index (χ3v) is 4.46. The fourth-order valence-corrected chi connectivity index (χ4v) is 3.17. The predicted octanol–water partition coefficient (Wildman–Crippen LogP) is 5.61. The smallest absolute Gasteiger partial charge is 0.184 e. The maximum absolute atomic E-state index is 14.3. The molecule has 0 aliphatic carbocycles. The largest absolute Gasteiger partial charge is 0.321 e. The lowest BCUT2D eigenvalue weighted by molar-refractivity contribution is 0.330. The number of rotatable bonds is 5. The Morgan fingerprint density at radius 2 is 1.81 bits per heavy atom. The molecule has 1 aromatic carbocycles. The van der Waals surface area contributed by atoms with Gasteiger partial charge in [0.25, 0.3) is 0 Å². The molecule has 2 nitrogen and oxygen atoms in total. The van der Waals surface area contributed by atoms with Gasteiger partial charge in [-0.05, 0) is 31.9 Å². The van der Waals surface area contributed by atoms with Crippen LogP contribution in [0, 0.1) is 17.6 Å². The quantitative estimate of drug-likeness (QED) is 0.656. The molecule has 21 heavy (non-hydrogen) atoms. The van der Waals surface area contributed by atoms with E-state index in [1.165, 1.54) is 6.07 Å². The molecule has 0 saturated carbocycles. The van der Waals surface area contributed by atoms with Crippen LogP contribution in [0.3, 0.4) is 0 Å². The molecule has 0 aliphatic heterocycles. The Labute approximate surface area is 129 Å². The highest BCUT2D eigenvalue weighted by Gasteiger charge is 2.26. The second kappa shape index (κ2) is 6.30. The first-order valence-electron chi connectivity index (χ1n) is 7.42. The van der Waals surface area contributed by atoms with Crippen molar-refractivity contribution in [3.8, 4) is 0 Å². The fraction of sp³-hybridized carbons (Fsp3) is 0.562. The molecule has 2 aromatic rings. The average Bonchev–Trinajstić information content (AvgIpc) is 2.84. The van der Waals surface area contributed by atoms with Gasteiger partial charge in [-0.3, -0.25) is 0 Å². The summed E-state index contributed by atoms with van der Waals surface area (Å²) in [6, 6.07) is 2.63. The van der Waals surface area contributed by atoms with E-state index in [9.17, 15) is 8.78 Å². The molecule has 1 heterocycles. The van der Waals surface area contributed by atoms with Crippen LogP contribution in [0.15, 0.2) is 12.1 Å². The first-order valence-corrected chi connectivity index (χ1v) is 7.85. The maximum Gasteiger partial charge on any atom is 0.184 e. The first kappa shape index (κ1) is 16.2. The Balaban J connectivity index is 2.74. The molecule has 0 saturated heterocycles. The van der Waals surface area contributed by atoms with Gasteiger partial charge in [-0.25, -0.2) is 13.8 Å². The molecule has 0 radical (unpaired) electrons. The number of nitrogens with zero attached hydrogens (tertiary/aromatic N) is 2. The molecule has 2 unspecified atom stereocenters.